The minimum absolute atomic E-state index is 0.125. The summed E-state index contributed by atoms with van der Waals surface area (Å²) >= 11 is 0. The quantitative estimate of drug-likeness (QED) is 0.795. The summed E-state index contributed by atoms with van der Waals surface area (Å²) in [7, 11) is 1.34. The maximum atomic E-state index is 12.5. The molecule has 2 rings (SSSR count). The number of amides is 1. The van der Waals surface area contributed by atoms with Crippen molar-refractivity contribution in [3.63, 3.8) is 0 Å². The molecule has 5 nitrogen and oxygen atoms in total. The van der Waals surface area contributed by atoms with Gasteiger partial charge >= 0.3 is 6.61 Å². The highest BCUT2D eigenvalue weighted by atomic mass is 19.3. The molecule has 1 amide bonds. The van der Waals surface area contributed by atoms with Gasteiger partial charge in [0.2, 0.25) is 5.91 Å². The monoisotopic (exact) mass is 323 g/mol. The second-order valence-corrected chi connectivity index (χ2v) is 4.39. The molecule has 0 spiro atoms. The first-order chi connectivity index (χ1) is 11.1. The van der Waals surface area contributed by atoms with Gasteiger partial charge in [0.05, 0.1) is 19.9 Å². The molecule has 0 saturated heterocycles. The number of para-hydroxylation sites is 1. The van der Waals surface area contributed by atoms with E-state index in [0.29, 0.717) is 11.3 Å². The fraction of sp³-hybridized carbons (Fsp3) is 0.188. The zero-order chi connectivity index (χ0) is 16.7. The molecule has 0 bridgehead atoms. The van der Waals surface area contributed by atoms with Crippen LogP contribution in [0, 0.1) is 0 Å². The number of alkyl halides is 2. The molecular weight excluding hydrogens is 308 g/mol. The minimum atomic E-state index is -2.99. The maximum Gasteiger partial charge on any atom is 0.387 e. The molecular formula is C16H15F2NO4. The van der Waals surface area contributed by atoms with Crippen LogP contribution in [0.15, 0.2) is 47.1 Å². The van der Waals surface area contributed by atoms with Gasteiger partial charge in [-0.25, -0.2) is 0 Å². The molecule has 122 valence electrons. The van der Waals surface area contributed by atoms with Crippen LogP contribution in [0.1, 0.15) is 11.3 Å². The minimum Gasteiger partial charge on any atom is -0.493 e. The highest BCUT2D eigenvalue weighted by molar-refractivity contribution is 5.92. The third-order valence-electron chi connectivity index (χ3n) is 2.87. The van der Waals surface area contributed by atoms with Gasteiger partial charge in [-0.05, 0) is 24.3 Å². The third kappa shape index (κ3) is 4.84. The largest absolute Gasteiger partial charge is 0.493 e. The van der Waals surface area contributed by atoms with E-state index in [1.54, 1.807) is 18.2 Å². The molecule has 0 aliphatic carbocycles. The Morgan fingerprint density at radius 2 is 2.17 bits per heavy atom. The number of halogens is 2. The van der Waals surface area contributed by atoms with Gasteiger partial charge < -0.3 is 19.2 Å². The highest BCUT2D eigenvalue weighted by Gasteiger charge is 2.13. The first-order valence-corrected chi connectivity index (χ1v) is 6.70. The molecule has 1 aromatic carbocycles. The van der Waals surface area contributed by atoms with Crippen molar-refractivity contribution in [3.05, 3.63) is 54.0 Å². The maximum absolute atomic E-state index is 12.5. The second-order valence-electron chi connectivity index (χ2n) is 4.39. The number of methoxy groups -OCH3 is 1. The van der Waals surface area contributed by atoms with Crippen LogP contribution < -0.4 is 14.8 Å². The summed E-state index contributed by atoms with van der Waals surface area (Å²) in [5.41, 5.74) is 0.304. The molecule has 0 fully saturated rings. The number of ether oxygens (including phenoxy) is 2. The summed E-state index contributed by atoms with van der Waals surface area (Å²) in [5.74, 6) is 0.241. The van der Waals surface area contributed by atoms with Crippen LogP contribution >= 0.6 is 0 Å². The van der Waals surface area contributed by atoms with Crippen LogP contribution in [-0.4, -0.2) is 19.6 Å². The average Bonchev–Trinajstić information content (AvgIpc) is 3.04. The Balaban J connectivity index is 2.07. The first kappa shape index (κ1) is 16.5. The Kier molecular flexibility index (Phi) is 5.74. The van der Waals surface area contributed by atoms with Crippen LogP contribution in [0.25, 0.3) is 6.08 Å². The predicted octanol–water partition coefficient (Wildman–Crippen LogP) is 3.22. The molecule has 0 radical (unpaired) electrons. The van der Waals surface area contributed by atoms with Gasteiger partial charge in [0, 0.05) is 11.6 Å². The number of carbonyl (C=O) groups excluding carboxylic acids is 1. The summed E-state index contributed by atoms with van der Waals surface area (Å²) in [6.45, 7) is -2.76. The first-order valence-electron chi connectivity index (χ1n) is 6.70. The molecule has 23 heavy (non-hydrogen) atoms. The molecule has 1 N–H and O–H groups in total. The Morgan fingerprint density at radius 1 is 1.35 bits per heavy atom. The van der Waals surface area contributed by atoms with Crippen molar-refractivity contribution < 1.29 is 27.5 Å². The molecule has 0 saturated carbocycles. The summed E-state index contributed by atoms with van der Waals surface area (Å²) in [6, 6.07) is 8.07. The molecule has 7 heteroatoms. The number of hydrogen-bond acceptors (Lipinski definition) is 4. The van der Waals surface area contributed by atoms with Crippen LogP contribution in [0.5, 0.6) is 11.5 Å². The van der Waals surface area contributed by atoms with E-state index in [2.05, 4.69) is 10.1 Å². The topological polar surface area (TPSA) is 60.7 Å². The average molecular weight is 323 g/mol. The van der Waals surface area contributed by atoms with E-state index in [9.17, 15) is 13.6 Å². The summed E-state index contributed by atoms with van der Waals surface area (Å²) in [6.07, 6.45) is 4.09. The third-order valence-corrected chi connectivity index (χ3v) is 2.87. The van der Waals surface area contributed by atoms with Gasteiger partial charge in [0.25, 0.3) is 0 Å². The Morgan fingerprint density at radius 3 is 2.83 bits per heavy atom. The van der Waals surface area contributed by atoms with Crippen LogP contribution in [0.2, 0.25) is 0 Å². The lowest BCUT2D eigenvalue weighted by Gasteiger charge is -2.12. The zero-order valence-corrected chi connectivity index (χ0v) is 12.3. The smallest absolute Gasteiger partial charge is 0.387 e. The number of furan rings is 1. The van der Waals surface area contributed by atoms with Crippen molar-refractivity contribution in [2.45, 2.75) is 13.2 Å². The molecule has 1 aromatic heterocycles. The van der Waals surface area contributed by atoms with Crippen molar-refractivity contribution >= 4 is 12.0 Å². The van der Waals surface area contributed by atoms with E-state index in [1.807, 2.05) is 0 Å². The van der Waals surface area contributed by atoms with E-state index < -0.39 is 12.5 Å². The SMILES string of the molecule is COc1cccc(/C=C/C(=O)NCc2ccco2)c1OC(F)F. The Bertz CT molecular complexity index is 669. The number of benzene rings is 1. The lowest BCUT2D eigenvalue weighted by Crippen LogP contribution is -2.19. The van der Waals surface area contributed by atoms with Crippen LogP contribution in [0.3, 0.4) is 0 Å². The highest BCUT2D eigenvalue weighted by Crippen LogP contribution is 2.33. The molecule has 2 aromatic rings. The number of hydrogen-bond donors (Lipinski definition) is 1. The second kappa shape index (κ2) is 7.98. The molecule has 0 aliphatic rings. The van der Waals surface area contributed by atoms with Gasteiger partial charge in [0.15, 0.2) is 11.5 Å². The van der Waals surface area contributed by atoms with E-state index in [1.165, 1.54) is 37.7 Å². The van der Waals surface area contributed by atoms with E-state index in [-0.39, 0.29) is 18.0 Å². The number of carbonyl (C=O) groups is 1. The molecule has 0 atom stereocenters. The van der Waals surface area contributed by atoms with Crippen LogP contribution in [0.4, 0.5) is 8.78 Å². The normalized spacial score (nSPS) is 11.0. The van der Waals surface area contributed by atoms with Gasteiger partial charge in [-0.2, -0.15) is 8.78 Å². The molecule has 0 unspecified atom stereocenters. The van der Waals surface area contributed by atoms with Gasteiger partial charge in [-0.15, -0.1) is 0 Å². The molecule has 1 heterocycles. The van der Waals surface area contributed by atoms with E-state index in [4.69, 9.17) is 9.15 Å². The summed E-state index contributed by atoms with van der Waals surface area (Å²) in [4.78, 5) is 11.7. The van der Waals surface area contributed by atoms with Gasteiger partial charge in [0.1, 0.15) is 5.76 Å². The van der Waals surface area contributed by atoms with Gasteiger partial charge in [-0.1, -0.05) is 12.1 Å². The van der Waals surface area contributed by atoms with Crippen molar-refractivity contribution in [2.75, 3.05) is 7.11 Å². The van der Waals surface area contributed by atoms with Crippen molar-refractivity contribution in [3.8, 4) is 11.5 Å². The fourth-order valence-corrected chi connectivity index (χ4v) is 1.85. The lowest BCUT2D eigenvalue weighted by molar-refractivity contribution is -0.116. The van der Waals surface area contributed by atoms with E-state index in [0.717, 1.165) is 0 Å². The predicted molar refractivity (Wildman–Crippen MR) is 79.2 cm³/mol. The zero-order valence-electron chi connectivity index (χ0n) is 12.3. The summed E-state index contributed by atoms with van der Waals surface area (Å²) < 4.78 is 39.5. The van der Waals surface area contributed by atoms with Gasteiger partial charge in [-0.3, -0.25) is 4.79 Å². The molecule has 0 aliphatic heterocycles. The van der Waals surface area contributed by atoms with Crippen molar-refractivity contribution in [1.82, 2.24) is 5.32 Å². The standard InChI is InChI=1S/C16H15F2NO4/c1-21-13-6-2-4-11(15(13)23-16(17)18)7-8-14(20)19-10-12-5-3-9-22-12/h2-9,16H,10H2,1H3,(H,19,20)/b8-7+. The number of rotatable bonds is 7. The van der Waals surface area contributed by atoms with E-state index >= 15 is 0 Å². The number of nitrogens with one attached hydrogen (secondary N) is 1. The summed E-state index contributed by atoms with van der Waals surface area (Å²) in [5, 5.41) is 2.60. The fourth-order valence-electron chi connectivity index (χ4n) is 1.85. The van der Waals surface area contributed by atoms with Crippen LogP contribution in [-0.2, 0) is 11.3 Å². The lowest BCUT2D eigenvalue weighted by atomic mass is 10.1. The Hall–Kier alpha value is -2.83. The van der Waals surface area contributed by atoms with Crippen molar-refractivity contribution in [1.29, 1.82) is 0 Å². The van der Waals surface area contributed by atoms with Crippen molar-refractivity contribution in [2.24, 2.45) is 0 Å². The Labute approximate surface area is 131 Å².